The summed E-state index contributed by atoms with van der Waals surface area (Å²) in [5.41, 5.74) is 0.939. The van der Waals surface area contributed by atoms with Gasteiger partial charge < -0.3 is 5.32 Å². The molecule has 0 aromatic carbocycles. The molecule has 2 N–H and O–H groups in total. The fourth-order valence-electron chi connectivity index (χ4n) is 1.39. The molecular weight excluding hydrogens is 208 g/mol. The number of nitrogens with one attached hydrogen (secondary N) is 2. The fourth-order valence-corrected chi connectivity index (χ4v) is 1.39. The Morgan fingerprint density at radius 3 is 3.00 bits per heavy atom. The minimum atomic E-state index is 0.535. The number of aromatic nitrogens is 7. The van der Waals surface area contributed by atoms with Gasteiger partial charge in [0, 0.05) is 11.8 Å². The standard InChI is InChI=1S/C8H8N8/c1-5-2-9-8-11-4-13-16(8)6(5)14-7-10-3-12-15-7/h2-4H,1H3,(H2,10,12,14,15). The minimum Gasteiger partial charge on any atom is -0.309 e. The zero-order valence-corrected chi connectivity index (χ0v) is 8.42. The lowest BCUT2D eigenvalue weighted by atomic mass is 10.3. The number of aromatic amines is 1. The van der Waals surface area contributed by atoms with Crippen molar-refractivity contribution in [1.82, 2.24) is 34.8 Å². The van der Waals surface area contributed by atoms with E-state index in [-0.39, 0.29) is 0 Å². The van der Waals surface area contributed by atoms with Crippen molar-refractivity contribution in [3.63, 3.8) is 0 Å². The molecule has 0 radical (unpaired) electrons. The van der Waals surface area contributed by atoms with Crippen LogP contribution in [-0.2, 0) is 0 Å². The largest absolute Gasteiger partial charge is 0.309 e. The summed E-state index contributed by atoms with van der Waals surface area (Å²) < 4.78 is 1.61. The summed E-state index contributed by atoms with van der Waals surface area (Å²) in [6, 6.07) is 0. The maximum atomic E-state index is 4.13. The van der Waals surface area contributed by atoms with Gasteiger partial charge in [0.25, 0.3) is 5.78 Å². The lowest BCUT2D eigenvalue weighted by Gasteiger charge is -2.06. The summed E-state index contributed by atoms with van der Waals surface area (Å²) >= 11 is 0. The van der Waals surface area contributed by atoms with E-state index in [1.165, 1.54) is 12.7 Å². The normalized spacial score (nSPS) is 10.8. The van der Waals surface area contributed by atoms with Gasteiger partial charge >= 0.3 is 0 Å². The monoisotopic (exact) mass is 216 g/mol. The predicted molar refractivity (Wildman–Crippen MR) is 55.2 cm³/mol. The van der Waals surface area contributed by atoms with Crippen molar-refractivity contribution >= 4 is 17.5 Å². The van der Waals surface area contributed by atoms with Gasteiger partial charge in [0.15, 0.2) is 0 Å². The van der Waals surface area contributed by atoms with Gasteiger partial charge in [-0.15, -0.1) is 0 Å². The molecule has 0 bridgehead atoms. The van der Waals surface area contributed by atoms with Crippen molar-refractivity contribution in [2.24, 2.45) is 0 Å². The Balaban J connectivity index is 2.14. The average Bonchev–Trinajstić information content (AvgIpc) is 2.92. The van der Waals surface area contributed by atoms with Crippen LogP contribution in [0.25, 0.3) is 5.78 Å². The van der Waals surface area contributed by atoms with Gasteiger partial charge in [0.1, 0.15) is 18.5 Å². The molecule has 16 heavy (non-hydrogen) atoms. The summed E-state index contributed by atoms with van der Waals surface area (Å²) in [6.07, 6.45) is 4.60. The van der Waals surface area contributed by atoms with Crippen LogP contribution < -0.4 is 5.32 Å². The average molecular weight is 216 g/mol. The van der Waals surface area contributed by atoms with E-state index >= 15 is 0 Å². The highest BCUT2D eigenvalue weighted by Crippen LogP contribution is 2.16. The molecule has 3 aromatic rings. The molecule has 0 saturated carbocycles. The quantitative estimate of drug-likeness (QED) is 0.639. The number of anilines is 2. The molecule has 3 aromatic heterocycles. The third-order valence-electron chi connectivity index (χ3n) is 2.14. The van der Waals surface area contributed by atoms with E-state index in [4.69, 9.17) is 0 Å². The van der Waals surface area contributed by atoms with Gasteiger partial charge in [-0.1, -0.05) is 0 Å². The van der Waals surface area contributed by atoms with Crippen LogP contribution >= 0.6 is 0 Å². The van der Waals surface area contributed by atoms with E-state index in [1.807, 2.05) is 6.92 Å². The molecule has 0 unspecified atom stereocenters. The number of rotatable bonds is 2. The van der Waals surface area contributed by atoms with E-state index in [0.29, 0.717) is 11.7 Å². The minimum absolute atomic E-state index is 0.535. The van der Waals surface area contributed by atoms with Crippen LogP contribution in [0.3, 0.4) is 0 Å². The second-order valence-corrected chi connectivity index (χ2v) is 3.22. The number of hydrogen-bond acceptors (Lipinski definition) is 6. The summed E-state index contributed by atoms with van der Waals surface area (Å²) in [7, 11) is 0. The molecule has 0 aliphatic rings. The lowest BCUT2D eigenvalue weighted by Crippen LogP contribution is -2.04. The number of nitrogens with zero attached hydrogens (tertiary/aromatic N) is 6. The highest BCUT2D eigenvalue weighted by atomic mass is 15.4. The van der Waals surface area contributed by atoms with Gasteiger partial charge in [0.05, 0.1) is 0 Å². The number of hydrogen-bond donors (Lipinski definition) is 2. The van der Waals surface area contributed by atoms with E-state index in [1.54, 1.807) is 10.7 Å². The lowest BCUT2D eigenvalue weighted by molar-refractivity contribution is 0.931. The van der Waals surface area contributed by atoms with Gasteiger partial charge in [-0.3, -0.25) is 0 Å². The van der Waals surface area contributed by atoms with E-state index in [0.717, 1.165) is 11.4 Å². The maximum absolute atomic E-state index is 4.13. The Kier molecular flexibility index (Phi) is 1.79. The third kappa shape index (κ3) is 1.28. The first-order chi connectivity index (χ1) is 7.84. The van der Waals surface area contributed by atoms with Crippen molar-refractivity contribution < 1.29 is 0 Å². The summed E-state index contributed by atoms with van der Waals surface area (Å²) in [5, 5.41) is 13.6. The second kappa shape index (κ2) is 3.26. The molecule has 8 nitrogen and oxygen atoms in total. The van der Waals surface area contributed by atoms with E-state index in [2.05, 4.69) is 35.6 Å². The van der Waals surface area contributed by atoms with Crippen LogP contribution in [0.1, 0.15) is 5.56 Å². The van der Waals surface area contributed by atoms with Crippen molar-refractivity contribution in [3.05, 3.63) is 24.4 Å². The molecular formula is C8H8N8. The van der Waals surface area contributed by atoms with Gasteiger partial charge in [0.2, 0.25) is 5.95 Å². The Morgan fingerprint density at radius 1 is 1.25 bits per heavy atom. The molecule has 8 heteroatoms. The summed E-state index contributed by atoms with van der Waals surface area (Å²) in [4.78, 5) is 12.1. The first kappa shape index (κ1) is 8.77. The fraction of sp³-hybridized carbons (Fsp3) is 0.125. The second-order valence-electron chi connectivity index (χ2n) is 3.22. The van der Waals surface area contributed by atoms with E-state index in [9.17, 15) is 0 Å². The number of H-pyrrole nitrogens is 1. The summed E-state index contributed by atoms with van der Waals surface area (Å²) in [5.74, 6) is 1.85. The molecule has 3 rings (SSSR count). The van der Waals surface area contributed by atoms with Crippen LogP contribution in [-0.4, -0.2) is 34.8 Å². The van der Waals surface area contributed by atoms with Crippen molar-refractivity contribution in [2.75, 3.05) is 5.32 Å². The van der Waals surface area contributed by atoms with E-state index < -0.39 is 0 Å². The number of aryl methyl sites for hydroxylation is 1. The van der Waals surface area contributed by atoms with Crippen LogP contribution in [0.15, 0.2) is 18.9 Å². The van der Waals surface area contributed by atoms with Gasteiger partial charge in [-0.05, 0) is 6.92 Å². The first-order valence-electron chi connectivity index (χ1n) is 4.62. The van der Waals surface area contributed by atoms with Crippen molar-refractivity contribution in [3.8, 4) is 0 Å². The summed E-state index contributed by atoms with van der Waals surface area (Å²) in [6.45, 7) is 1.92. The Labute approximate surface area is 89.8 Å². The van der Waals surface area contributed by atoms with Gasteiger partial charge in [-0.25, -0.2) is 10.1 Å². The van der Waals surface area contributed by atoms with Crippen LogP contribution in [0, 0.1) is 6.92 Å². The first-order valence-corrected chi connectivity index (χ1v) is 4.62. The van der Waals surface area contributed by atoms with Crippen LogP contribution in [0.5, 0.6) is 0 Å². The molecule has 0 saturated heterocycles. The predicted octanol–water partition coefficient (Wildman–Crippen LogP) is 0.294. The Bertz CT molecular complexity index is 610. The smallest absolute Gasteiger partial charge is 0.254 e. The SMILES string of the molecule is Cc1cnc2ncnn2c1Nc1ncn[nH]1. The van der Waals surface area contributed by atoms with Gasteiger partial charge in [-0.2, -0.15) is 24.7 Å². The van der Waals surface area contributed by atoms with Crippen LogP contribution in [0.2, 0.25) is 0 Å². The molecule has 80 valence electrons. The molecule has 3 heterocycles. The molecule has 0 amide bonds. The Hall–Kier alpha value is -2.51. The molecule has 0 aliphatic carbocycles. The van der Waals surface area contributed by atoms with Crippen LogP contribution in [0.4, 0.5) is 11.8 Å². The molecule has 0 atom stereocenters. The highest BCUT2D eigenvalue weighted by molar-refractivity contribution is 5.55. The Morgan fingerprint density at radius 2 is 2.19 bits per heavy atom. The molecule has 0 fully saturated rings. The zero-order valence-electron chi connectivity index (χ0n) is 8.42. The highest BCUT2D eigenvalue weighted by Gasteiger charge is 2.08. The van der Waals surface area contributed by atoms with Crippen molar-refractivity contribution in [1.29, 1.82) is 0 Å². The molecule has 0 spiro atoms. The topological polar surface area (TPSA) is 96.7 Å². The zero-order chi connectivity index (χ0) is 11.0. The maximum Gasteiger partial charge on any atom is 0.254 e. The van der Waals surface area contributed by atoms with Crippen molar-refractivity contribution in [2.45, 2.75) is 6.92 Å². The third-order valence-corrected chi connectivity index (χ3v) is 2.14. The number of fused-ring (bicyclic) bond motifs is 1. The molecule has 0 aliphatic heterocycles.